The van der Waals surface area contributed by atoms with Crippen molar-refractivity contribution in [2.75, 3.05) is 0 Å². The summed E-state index contributed by atoms with van der Waals surface area (Å²) in [6, 6.07) is 14.5. The minimum absolute atomic E-state index is 0.831. The van der Waals surface area contributed by atoms with E-state index in [-0.39, 0.29) is 0 Å². The second-order valence-electron chi connectivity index (χ2n) is 5.80. The summed E-state index contributed by atoms with van der Waals surface area (Å²) in [6.07, 6.45) is 3.79. The molecule has 5 heteroatoms. The standard InChI is InChI=1S/C19H15AsN4/c1-12-4-3-5-19(23-12)24-18-9-14(6-7-15(18)11-22-24)16-8-17(20)13(2)21-10-16/h3-11H,1-2H3. The normalized spacial score (nSPS) is 11.1. The first-order valence-corrected chi connectivity index (χ1v) is 8.63. The van der Waals surface area contributed by atoms with Crippen LogP contribution in [0, 0.1) is 13.8 Å². The average Bonchev–Trinajstić information content (AvgIpc) is 3.00. The van der Waals surface area contributed by atoms with Gasteiger partial charge in [-0.05, 0) is 0 Å². The van der Waals surface area contributed by atoms with Crippen LogP contribution in [0.15, 0.2) is 54.9 Å². The Morgan fingerprint density at radius 2 is 1.83 bits per heavy atom. The average molecular weight is 374 g/mol. The molecule has 4 rings (SSSR count). The maximum atomic E-state index is 4.58. The van der Waals surface area contributed by atoms with E-state index in [1.54, 1.807) is 0 Å². The number of hydrogen-bond donors (Lipinski definition) is 0. The Kier molecular flexibility index (Phi) is 3.70. The summed E-state index contributed by atoms with van der Waals surface area (Å²) < 4.78 is 3.02. The van der Waals surface area contributed by atoms with Crippen molar-refractivity contribution >= 4 is 32.1 Å². The number of rotatable bonds is 2. The zero-order chi connectivity index (χ0) is 16.7. The van der Waals surface area contributed by atoms with Gasteiger partial charge in [0.2, 0.25) is 0 Å². The number of nitrogens with zero attached hydrogens (tertiary/aromatic N) is 4. The van der Waals surface area contributed by atoms with E-state index in [9.17, 15) is 0 Å². The molecule has 0 atom stereocenters. The Morgan fingerprint density at radius 3 is 2.62 bits per heavy atom. The van der Waals surface area contributed by atoms with Gasteiger partial charge in [0.25, 0.3) is 0 Å². The number of fused-ring (bicyclic) bond motifs is 1. The Morgan fingerprint density at radius 1 is 0.958 bits per heavy atom. The van der Waals surface area contributed by atoms with Crippen molar-refractivity contribution in [1.82, 2.24) is 19.7 Å². The zero-order valence-corrected chi connectivity index (χ0v) is 15.3. The van der Waals surface area contributed by atoms with Crippen LogP contribution in [0.1, 0.15) is 11.4 Å². The van der Waals surface area contributed by atoms with Gasteiger partial charge < -0.3 is 0 Å². The molecule has 0 spiro atoms. The van der Waals surface area contributed by atoms with E-state index >= 15 is 0 Å². The molecule has 0 unspecified atom stereocenters. The van der Waals surface area contributed by atoms with Crippen molar-refractivity contribution in [2.45, 2.75) is 13.8 Å². The van der Waals surface area contributed by atoms with Gasteiger partial charge in [0.05, 0.1) is 0 Å². The second kappa shape index (κ2) is 5.88. The van der Waals surface area contributed by atoms with Gasteiger partial charge in [-0.2, -0.15) is 0 Å². The summed E-state index contributed by atoms with van der Waals surface area (Å²) in [5, 5.41) is 5.60. The predicted octanol–water partition coefficient (Wildman–Crippen LogP) is 2.89. The fourth-order valence-electron chi connectivity index (χ4n) is 2.71. The molecular formula is C19H15AsN4. The Labute approximate surface area is 149 Å². The molecule has 24 heavy (non-hydrogen) atoms. The Balaban J connectivity index is 1.88. The van der Waals surface area contributed by atoms with E-state index in [1.807, 2.05) is 49.1 Å². The van der Waals surface area contributed by atoms with Crippen molar-refractivity contribution < 1.29 is 0 Å². The Hall–Kier alpha value is -2.45. The molecule has 0 aliphatic carbocycles. The third-order valence-electron chi connectivity index (χ3n) is 4.06. The SMILES string of the molecule is Cc1cccc(-n2ncc3ccc(-c4cnc(C)c([As])c4)cc32)n1. The summed E-state index contributed by atoms with van der Waals surface area (Å²) in [4.78, 5) is 9.04. The Bertz CT molecular complexity index is 1050. The second-order valence-corrected chi connectivity index (χ2v) is 6.81. The van der Waals surface area contributed by atoms with Crippen molar-refractivity contribution in [3.63, 3.8) is 0 Å². The number of benzene rings is 1. The van der Waals surface area contributed by atoms with Gasteiger partial charge in [-0.25, -0.2) is 0 Å². The fraction of sp³-hybridized carbons (Fsp3) is 0.105. The third kappa shape index (κ3) is 2.63. The first kappa shape index (κ1) is 15.1. The van der Waals surface area contributed by atoms with Crippen LogP contribution in [-0.2, 0) is 0 Å². The zero-order valence-electron chi connectivity index (χ0n) is 13.4. The topological polar surface area (TPSA) is 43.6 Å². The first-order valence-electron chi connectivity index (χ1n) is 7.69. The van der Waals surface area contributed by atoms with Crippen LogP contribution >= 0.6 is 0 Å². The molecule has 3 aromatic heterocycles. The molecule has 116 valence electrons. The molecule has 2 radical (unpaired) electrons. The molecule has 0 aliphatic rings. The molecule has 1 aromatic carbocycles. The summed E-state index contributed by atoms with van der Waals surface area (Å²) in [7, 11) is 0. The molecule has 0 saturated carbocycles. The van der Waals surface area contributed by atoms with Crippen molar-refractivity contribution in [1.29, 1.82) is 0 Å². The molecule has 3 heterocycles. The van der Waals surface area contributed by atoms with Gasteiger partial charge in [-0.15, -0.1) is 0 Å². The summed E-state index contributed by atoms with van der Waals surface area (Å²) in [5.74, 6) is 0.831. The first-order chi connectivity index (χ1) is 11.6. The van der Waals surface area contributed by atoms with E-state index in [0.29, 0.717) is 0 Å². The molecule has 0 amide bonds. The quantitative estimate of drug-likeness (QED) is 0.507. The number of pyridine rings is 2. The van der Waals surface area contributed by atoms with E-state index in [4.69, 9.17) is 0 Å². The number of aryl methyl sites for hydroxylation is 2. The van der Waals surface area contributed by atoms with Crippen LogP contribution in [-0.4, -0.2) is 36.6 Å². The molecule has 0 bridgehead atoms. The van der Waals surface area contributed by atoms with E-state index in [0.717, 1.165) is 43.6 Å². The van der Waals surface area contributed by atoms with E-state index < -0.39 is 0 Å². The van der Waals surface area contributed by atoms with Gasteiger partial charge in [-0.1, -0.05) is 0 Å². The monoisotopic (exact) mass is 374 g/mol. The van der Waals surface area contributed by atoms with Crippen LogP contribution in [0.3, 0.4) is 0 Å². The molecule has 4 aromatic rings. The van der Waals surface area contributed by atoms with Crippen molar-refractivity contribution in [2.24, 2.45) is 0 Å². The van der Waals surface area contributed by atoms with Crippen LogP contribution < -0.4 is 4.35 Å². The van der Waals surface area contributed by atoms with Gasteiger partial charge in [0, 0.05) is 0 Å². The van der Waals surface area contributed by atoms with E-state index in [1.165, 1.54) is 0 Å². The van der Waals surface area contributed by atoms with Crippen LogP contribution in [0.4, 0.5) is 0 Å². The van der Waals surface area contributed by atoms with Gasteiger partial charge >= 0.3 is 149 Å². The molecule has 0 fully saturated rings. The predicted molar refractivity (Wildman–Crippen MR) is 97.0 cm³/mol. The minimum atomic E-state index is 0.831. The molecule has 0 N–H and O–H groups in total. The molecule has 0 saturated heterocycles. The summed E-state index contributed by atoms with van der Waals surface area (Å²) in [5.41, 5.74) is 5.27. The van der Waals surface area contributed by atoms with Crippen molar-refractivity contribution in [3.8, 4) is 16.9 Å². The maximum absolute atomic E-state index is 4.58. The summed E-state index contributed by atoms with van der Waals surface area (Å²) in [6.45, 7) is 4.00. The van der Waals surface area contributed by atoms with Crippen LogP contribution in [0.2, 0.25) is 0 Å². The number of aromatic nitrogens is 4. The molecule has 0 aliphatic heterocycles. The number of hydrogen-bond acceptors (Lipinski definition) is 3. The van der Waals surface area contributed by atoms with Crippen molar-refractivity contribution in [3.05, 3.63) is 66.2 Å². The third-order valence-corrected chi connectivity index (χ3v) is 5.00. The molecular weight excluding hydrogens is 359 g/mol. The van der Waals surface area contributed by atoms with Gasteiger partial charge in [-0.3, -0.25) is 0 Å². The molecule has 4 nitrogen and oxygen atoms in total. The van der Waals surface area contributed by atoms with Crippen LogP contribution in [0.5, 0.6) is 0 Å². The van der Waals surface area contributed by atoms with Gasteiger partial charge in [0.1, 0.15) is 0 Å². The van der Waals surface area contributed by atoms with E-state index in [2.05, 4.69) is 56.2 Å². The van der Waals surface area contributed by atoms with Crippen LogP contribution in [0.25, 0.3) is 27.8 Å². The fourth-order valence-corrected chi connectivity index (χ4v) is 3.12. The summed E-state index contributed by atoms with van der Waals surface area (Å²) >= 11 is 2.58. The van der Waals surface area contributed by atoms with Gasteiger partial charge in [0.15, 0.2) is 0 Å².